The van der Waals surface area contributed by atoms with Gasteiger partial charge in [-0.15, -0.1) is 11.8 Å². The SMILES string of the molecule is Cc1ccc(NC(=O)[C@H]2CS[C@@]3(c4ccccc4)CCC(=O)N23)cc1. The lowest BCUT2D eigenvalue weighted by Gasteiger charge is -2.34. The van der Waals surface area contributed by atoms with Gasteiger partial charge in [0.15, 0.2) is 0 Å². The Bertz CT molecular complexity index is 806. The number of carbonyl (C=O) groups excluding carboxylic acids is 2. The molecule has 0 aromatic heterocycles. The van der Waals surface area contributed by atoms with Crippen molar-refractivity contribution in [2.75, 3.05) is 11.1 Å². The molecule has 0 spiro atoms. The molecule has 2 aliphatic rings. The summed E-state index contributed by atoms with van der Waals surface area (Å²) in [4.78, 5) is 26.8. The van der Waals surface area contributed by atoms with Gasteiger partial charge in [0, 0.05) is 17.9 Å². The van der Waals surface area contributed by atoms with E-state index in [1.807, 2.05) is 54.3 Å². The van der Waals surface area contributed by atoms with Gasteiger partial charge in [-0.1, -0.05) is 48.0 Å². The van der Waals surface area contributed by atoms with E-state index in [-0.39, 0.29) is 11.8 Å². The number of fused-ring (bicyclic) bond motifs is 1. The van der Waals surface area contributed by atoms with Gasteiger partial charge >= 0.3 is 0 Å². The summed E-state index contributed by atoms with van der Waals surface area (Å²) in [5.41, 5.74) is 3.02. The minimum absolute atomic E-state index is 0.0675. The number of aryl methyl sites for hydroxylation is 1. The van der Waals surface area contributed by atoms with Crippen LogP contribution in [0.15, 0.2) is 54.6 Å². The summed E-state index contributed by atoms with van der Waals surface area (Å²) >= 11 is 1.71. The van der Waals surface area contributed by atoms with Gasteiger partial charge in [0.05, 0.1) is 0 Å². The predicted molar refractivity (Wildman–Crippen MR) is 100 cm³/mol. The van der Waals surface area contributed by atoms with Crippen molar-refractivity contribution in [2.45, 2.75) is 30.7 Å². The van der Waals surface area contributed by atoms with Crippen molar-refractivity contribution in [2.24, 2.45) is 0 Å². The molecule has 2 aromatic rings. The summed E-state index contributed by atoms with van der Waals surface area (Å²) in [5.74, 6) is 0.584. The van der Waals surface area contributed by atoms with Crippen molar-refractivity contribution in [1.29, 1.82) is 0 Å². The Kier molecular flexibility index (Phi) is 4.04. The highest BCUT2D eigenvalue weighted by atomic mass is 32.2. The fourth-order valence-corrected chi connectivity index (χ4v) is 5.35. The fraction of sp³-hybridized carbons (Fsp3) is 0.300. The molecule has 0 bridgehead atoms. The van der Waals surface area contributed by atoms with Crippen LogP contribution in [0.2, 0.25) is 0 Å². The molecule has 2 atom stereocenters. The van der Waals surface area contributed by atoms with Gasteiger partial charge in [0.1, 0.15) is 10.9 Å². The molecule has 2 amide bonds. The average molecular weight is 352 g/mol. The lowest BCUT2D eigenvalue weighted by molar-refractivity contribution is -0.136. The van der Waals surface area contributed by atoms with Gasteiger partial charge in [-0.3, -0.25) is 9.59 Å². The number of benzene rings is 2. The summed E-state index contributed by atoms with van der Waals surface area (Å²) in [6.07, 6.45) is 1.25. The van der Waals surface area contributed by atoms with Crippen LogP contribution in [0.1, 0.15) is 24.0 Å². The normalized spacial score (nSPS) is 25.1. The predicted octanol–water partition coefficient (Wildman–Crippen LogP) is 3.52. The standard InChI is InChI=1S/C20H20N2O2S/c1-14-7-9-16(10-8-14)21-19(24)17-13-25-20(12-11-18(23)22(17)20)15-5-3-2-4-6-15/h2-10,17H,11-13H2,1H3,(H,21,24)/t17-,20-/m1/s1. The summed E-state index contributed by atoms with van der Waals surface area (Å²) in [6.45, 7) is 2.01. The van der Waals surface area contributed by atoms with Crippen LogP contribution in [0.4, 0.5) is 5.69 Å². The van der Waals surface area contributed by atoms with E-state index in [4.69, 9.17) is 0 Å². The highest BCUT2D eigenvalue weighted by molar-refractivity contribution is 8.00. The van der Waals surface area contributed by atoms with Crippen molar-refractivity contribution in [1.82, 2.24) is 4.90 Å². The highest BCUT2D eigenvalue weighted by Crippen LogP contribution is 2.54. The Morgan fingerprint density at radius 1 is 1.16 bits per heavy atom. The zero-order chi connectivity index (χ0) is 17.4. The third kappa shape index (κ3) is 2.72. The lowest BCUT2D eigenvalue weighted by atomic mass is 10.0. The number of carbonyl (C=O) groups is 2. The van der Waals surface area contributed by atoms with E-state index >= 15 is 0 Å². The van der Waals surface area contributed by atoms with Crippen LogP contribution >= 0.6 is 11.8 Å². The van der Waals surface area contributed by atoms with Crippen molar-refractivity contribution in [3.8, 4) is 0 Å². The molecule has 0 saturated carbocycles. The number of amides is 2. The monoisotopic (exact) mass is 352 g/mol. The number of thioether (sulfide) groups is 1. The van der Waals surface area contributed by atoms with Crippen LogP contribution in [0.25, 0.3) is 0 Å². The third-order valence-corrected chi connectivity index (χ3v) is 6.57. The molecule has 2 fully saturated rings. The minimum atomic E-state index is -0.429. The van der Waals surface area contributed by atoms with E-state index in [1.165, 1.54) is 0 Å². The molecule has 2 aromatic carbocycles. The second-order valence-electron chi connectivity index (χ2n) is 6.60. The second kappa shape index (κ2) is 6.23. The first-order chi connectivity index (χ1) is 12.1. The van der Waals surface area contributed by atoms with Gasteiger partial charge in [0.2, 0.25) is 11.8 Å². The molecule has 5 heteroatoms. The van der Waals surface area contributed by atoms with Crippen LogP contribution in [0, 0.1) is 6.92 Å². The molecule has 1 N–H and O–H groups in total. The Hall–Kier alpha value is -2.27. The van der Waals surface area contributed by atoms with Gasteiger partial charge < -0.3 is 10.2 Å². The number of hydrogen-bond acceptors (Lipinski definition) is 3. The third-order valence-electron chi connectivity index (χ3n) is 4.97. The molecular weight excluding hydrogens is 332 g/mol. The maximum atomic E-state index is 12.8. The van der Waals surface area contributed by atoms with Gasteiger partial charge in [-0.05, 0) is 31.0 Å². The summed E-state index contributed by atoms with van der Waals surface area (Å²) in [7, 11) is 0. The van der Waals surface area contributed by atoms with Crippen LogP contribution < -0.4 is 5.32 Å². The highest BCUT2D eigenvalue weighted by Gasteiger charge is 2.56. The van der Waals surface area contributed by atoms with E-state index in [0.29, 0.717) is 12.2 Å². The van der Waals surface area contributed by atoms with Gasteiger partial charge in [-0.2, -0.15) is 0 Å². The summed E-state index contributed by atoms with van der Waals surface area (Å²) < 4.78 is 0. The van der Waals surface area contributed by atoms with E-state index in [2.05, 4.69) is 17.4 Å². The first kappa shape index (κ1) is 16.2. The number of nitrogens with zero attached hydrogens (tertiary/aromatic N) is 1. The van der Waals surface area contributed by atoms with Crippen LogP contribution in [0.3, 0.4) is 0 Å². The minimum Gasteiger partial charge on any atom is -0.324 e. The van der Waals surface area contributed by atoms with Crippen molar-refractivity contribution >= 4 is 29.3 Å². The fourth-order valence-electron chi connectivity index (χ4n) is 3.70. The zero-order valence-corrected chi connectivity index (χ0v) is 14.9. The van der Waals surface area contributed by atoms with E-state index in [9.17, 15) is 9.59 Å². The second-order valence-corrected chi connectivity index (χ2v) is 7.89. The van der Waals surface area contributed by atoms with Crippen molar-refractivity contribution in [3.05, 3.63) is 65.7 Å². The molecule has 25 heavy (non-hydrogen) atoms. The molecule has 0 unspecified atom stereocenters. The Labute approximate surface area is 151 Å². The molecule has 2 saturated heterocycles. The quantitative estimate of drug-likeness (QED) is 0.919. The number of nitrogens with one attached hydrogen (secondary N) is 1. The Morgan fingerprint density at radius 2 is 1.88 bits per heavy atom. The topological polar surface area (TPSA) is 49.4 Å². The largest absolute Gasteiger partial charge is 0.324 e. The molecule has 4 rings (SSSR count). The molecule has 2 heterocycles. The molecule has 0 aliphatic carbocycles. The maximum Gasteiger partial charge on any atom is 0.248 e. The molecule has 2 aliphatic heterocycles. The molecule has 4 nitrogen and oxygen atoms in total. The van der Waals surface area contributed by atoms with Crippen LogP contribution in [-0.4, -0.2) is 28.5 Å². The number of rotatable bonds is 3. The molecular formula is C20H20N2O2S. The summed E-state index contributed by atoms with van der Waals surface area (Å²) in [6, 6.07) is 17.4. The Balaban J connectivity index is 1.60. The van der Waals surface area contributed by atoms with Crippen molar-refractivity contribution < 1.29 is 9.59 Å². The van der Waals surface area contributed by atoms with Gasteiger partial charge in [0.25, 0.3) is 0 Å². The van der Waals surface area contributed by atoms with E-state index in [1.54, 1.807) is 11.8 Å². The van der Waals surface area contributed by atoms with Gasteiger partial charge in [-0.25, -0.2) is 0 Å². The maximum absolute atomic E-state index is 12.8. The first-order valence-electron chi connectivity index (χ1n) is 8.49. The van der Waals surface area contributed by atoms with E-state index in [0.717, 1.165) is 23.2 Å². The molecule has 0 radical (unpaired) electrons. The molecule has 128 valence electrons. The zero-order valence-electron chi connectivity index (χ0n) is 14.1. The number of anilines is 1. The summed E-state index contributed by atoms with van der Waals surface area (Å²) in [5, 5.41) is 2.97. The number of hydrogen-bond donors (Lipinski definition) is 1. The van der Waals surface area contributed by atoms with Crippen LogP contribution in [-0.2, 0) is 14.5 Å². The average Bonchev–Trinajstić information content (AvgIpc) is 3.17. The first-order valence-corrected chi connectivity index (χ1v) is 9.48. The van der Waals surface area contributed by atoms with E-state index < -0.39 is 10.9 Å². The lowest BCUT2D eigenvalue weighted by Crippen LogP contribution is -2.48. The Morgan fingerprint density at radius 3 is 2.60 bits per heavy atom. The smallest absolute Gasteiger partial charge is 0.248 e. The van der Waals surface area contributed by atoms with Crippen molar-refractivity contribution in [3.63, 3.8) is 0 Å². The van der Waals surface area contributed by atoms with Crippen LogP contribution in [0.5, 0.6) is 0 Å².